The monoisotopic (exact) mass is 1020 g/mol. The Labute approximate surface area is 444 Å². The topological polar surface area (TPSA) is 123 Å². The summed E-state index contributed by atoms with van der Waals surface area (Å²) in [4.78, 5) is 52.2. The molecule has 0 radical (unpaired) electrons. The van der Waals surface area contributed by atoms with E-state index in [1.807, 2.05) is 0 Å². The molecule has 424 valence electrons. The number of carbonyl (C=O) groups excluding carboxylic acids is 3. The molecule has 0 aromatic heterocycles. The standard InChI is InChI=1S/C34H65NO4.C28H53NO4/c1-4-6-8-10-11-12-15-18-22-31(30-39-34(37)32-25-27-35(3)28-26-32)23-19-16-13-14-17-20-24-33(36)38-29-21-9-7-5-2;1-3-4-5-6-7-8-11-14-17-25(18-15-12-9-10-13-16-19-27(30)31)24-33-28(32)26-20-22-29(2)23-21-26/h31-32H,4-30H2,1-3H3;25-26H,3-24H2,1-2H3,(H,30,31). The number of rotatable bonds is 47. The summed E-state index contributed by atoms with van der Waals surface area (Å²) in [7, 11) is 4.25. The minimum atomic E-state index is -0.686. The Morgan fingerprint density at radius 1 is 0.403 bits per heavy atom. The predicted octanol–water partition coefficient (Wildman–Crippen LogP) is 16.5. The molecule has 0 aromatic carbocycles. The molecule has 0 spiro atoms. The van der Waals surface area contributed by atoms with Crippen molar-refractivity contribution < 1.29 is 38.5 Å². The number of carboxylic acid groups (broad SMARTS) is 1. The van der Waals surface area contributed by atoms with Gasteiger partial charge in [-0.15, -0.1) is 0 Å². The van der Waals surface area contributed by atoms with Crippen LogP contribution < -0.4 is 0 Å². The average molecular weight is 1020 g/mol. The molecule has 2 unspecified atom stereocenters. The van der Waals surface area contributed by atoms with Crippen molar-refractivity contribution in [3.63, 3.8) is 0 Å². The number of hydrogen-bond acceptors (Lipinski definition) is 9. The van der Waals surface area contributed by atoms with E-state index in [9.17, 15) is 19.2 Å². The largest absolute Gasteiger partial charge is 0.481 e. The first-order valence-electron chi connectivity index (χ1n) is 31.2. The van der Waals surface area contributed by atoms with Crippen LogP contribution in [0.15, 0.2) is 0 Å². The third kappa shape index (κ3) is 42.1. The summed E-state index contributed by atoms with van der Waals surface area (Å²) >= 11 is 0. The number of aliphatic carboxylic acids is 1. The molecule has 2 saturated heterocycles. The maximum Gasteiger partial charge on any atom is 0.309 e. The summed E-state index contributed by atoms with van der Waals surface area (Å²) < 4.78 is 17.0. The van der Waals surface area contributed by atoms with E-state index < -0.39 is 5.97 Å². The lowest BCUT2D eigenvalue weighted by Crippen LogP contribution is -2.34. The molecule has 2 fully saturated rings. The van der Waals surface area contributed by atoms with Crippen molar-refractivity contribution in [1.82, 2.24) is 9.80 Å². The van der Waals surface area contributed by atoms with Crippen LogP contribution in [-0.2, 0) is 33.4 Å². The lowest BCUT2D eigenvalue weighted by molar-refractivity contribution is -0.152. The Balaban J connectivity index is 0.000000730. The first-order valence-corrected chi connectivity index (χ1v) is 31.2. The number of unbranched alkanes of at least 4 members (excludes halogenated alkanes) is 27. The fraction of sp³-hybridized carbons (Fsp3) is 0.935. The van der Waals surface area contributed by atoms with Gasteiger partial charge in [-0.3, -0.25) is 19.2 Å². The number of likely N-dealkylation sites (tertiary alicyclic amines) is 2. The summed E-state index contributed by atoms with van der Waals surface area (Å²) in [5.74, 6) is 0.559. The van der Waals surface area contributed by atoms with E-state index in [4.69, 9.17) is 19.3 Å². The number of ether oxygens (including phenoxy) is 3. The van der Waals surface area contributed by atoms with Crippen LogP contribution in [0.4, 0.5) is 0 Å². The third-order valence-electron chi connectivity index (χ3n) is 15.7. The fourth-order valence-electron chi connectivity index (χ4n) is 10.5. The van der Waals surface area contributed by atoms with Gasteiger partial charge in [0.2, 0.25) is 0 Å². The highest BCUT2D eigenvalue weighted by Crippen LogP contribution is 2.25. The van der Waals surface area contributed by atoms with Gasteiger partial charge in [0.25, 0.3) is 0 Å². The number of esters is 3. The van der Waals surface area contributed by atoms with Crippen molar-refractivity contribution in [3.05, 3.63) is 0 Å². The lowest BCUT2D eigenvalue weighted by atomic mass is 9.94. The van der Waals surface area contributed by atoms with E-state index >= 15 is 0 Å². The second kappa shape index (κ2) is 49.7. The SMILES string of the molecule is CCCCCCCCCCC(CCCCCCCCC(=O)O)COC(=O)C1CCN(C)CC1.CCCCCCCCCCC(CCCCCCCCC(=O)OCCCCCC)COC(=O)C1CCN(C)CC1. The van der Waals surface area contributed by atoms with E-state index in [2.05, 4.69) is 44.7 Å². The molecule has 10 nitrogen and oxygen atoms in total. The van der Waals surface area contributed by atoms with Crippen LogP contribution in [0.1, 0.15) is 290 Å². The van der Waals surface area contributed by atoms with Crippen molar-refractivity contribution in [2.75, 3.05) is 60.1 Å². The molecule has 2 aliphatic rings. The maximum absolute atomic E-state index is 12.7. The highest BCUT2D eigenvalue weighted by molar-refractivity contribution is 5.73. The van der Waals surface area contributed by atoms with Gasteiger partial charge >= 0.3 is 23.9 Å². The van der Waals surface area contributed by atoms with Crippen molar-refractivity contribution in [2.45, 2.75) is 290 Å². The molecule has 1 N–H and O–H groups in total. The zero-order valence-corrected chi connectivity index (χ0v) is 48.2. The summed E-state index contributed by atoms with van der Waals surface area (Å²) in [5.41, 5.74) is 0. The van der Waals surface area contributed by atoms with Crippen molar-refractivity contribution >= 4 is 23.9 Å². The predicted molar refractivity (Wildman–Crippen MR) is 300 cm³/mol. The van der Waals surface area contributed by atoms with Crippen molar-refractivity contribution in [3.8, 4) is 0 Å². The highest BCUT2D eigenvalue weighted by Gasteiger charge is 2.27. The number of hydrogen-bond donors (Lipinski definition) is 1. The molecule has 2 rings (SSSR count). The van der Waals surface area contributed by atoms with Crippen LogP contribution in [0.3, 0.4) is 0 Å². The Bertz CT molecular complexity index is 1250. The van der Waals surface area contributed by atoms with Crippen molar-refractivity contribution in [1.29, 1.82) is 0 Å². The molecule has 10 heteroatoms. The Morgan fingerprint density at radius 3 is 1.03 bits per heavy atom. The quantitative estimate of drug-likeness (QED) is 0.0358. The third-order valence-corrected chi connectivity index (χ3v) is 15.7. The molecular formula is C62H118N2O8. The summed E-state index contributed by atoms with van der Waals surface area (Å²) in [6.45, 7) is 12.5. The lowest BCUT2D eigenvalue weighted by Gasteiger charge is -2.28. The van der Waals surface area contributed by atoms with E-state index in [0.717, 1.165) is 103 Å². The van der Waals surface area contributed by atoms with Gasteiger partial charge in [0.05, 0.1) is 31.7 Å². The molecule has 0 bridgehead atoms. The Morgan fingerprint density at radius 2 is 0.694 bits per heavy atom. The summed E-state index contributed by atoms with van der Waals surface area (Å²) in [5, 5.41) is 8.71. The van der Waals surface area contributed by atoms with Crippen molar-refractivity contribution in [2.24, 2.45) is 23.7 Å². The molecule has 2 atom stereocenters. The van der Waals surface area contributed by atoms with Gasteiger partial charge in [0.1, 0.15) is 0 Å². The zero-order chi connectivity index (χ0) is 52.5. The van der Waals surface area contributed by atoms with Crippen LogP contribution in [-0.4, -0.2) is 98.9 Å². The summed E-state index contributed by atoms with van der Waals surface area (Å²) in [6.07, 6.45) is 48.7. The maximum atomic E-state index is 12.7. The first kappa shape index (κ1) is 67.8. The van der Waals surface area contributed by atoms with Gasteiger partial charge in [-0.05, 0) is 123 Å². The number of carbonyl (C=O) groups is 4. The van der Waals surface area contributed by atoms with Crippen LogP contribution >= 0.6 is 0 Å². The molecule has 0 saturated carbocycles. The second-order valence-corrected chi connectivity index (χ2v) is 22.7. The van der Waals surface area contributed by atoms with Crippen LogP contribution in [0.5, 0.6) is 0 Å². The van der Waals surface area contributed by atoms with Gasteiger partial charge in [0, 0.05) is 12.8 Å². The molecule has 2 aliphatic heterocycles. The molecule has 0 aromatic rings. The van der Waals surface area contributed by atoms with Gasteiger partial charge in [-0.1, -0.05) is 207 Å². The minimum absolute atomic E-state index is 0.0231. The van der Waals surface area contributed by atoms with E-state index in [-0.39, 0.29) is 29.7 Å². The van der Waals surface area contributed by atoms with Crippen LogP contribution in [0.25, 0.3) is 0 Å². The van der Waals surface area contributed by atoms with E-state index in [1.165, 1.54) is 180 Å². The van der Waals surface area contributed by atoms with Gasteiger partial charge in [0.15, 0.2) is 0 Å². The second-order valence-electron chi connectivity index (χ2n) is 22.7. The number of nitrogens with zero attached hydrogens (tertiary/aromatic N) is 2. The molecule has 0 aliphatic carbocycles. The van der Waals surface area contributed by atoms with E-state index in [1.54, 1.807) is 0 Å². The number of piperidine rings is 2. The minimum Gasteiger partial charge on any atom is -0.481 e. The van der Waals surface area contributed by atoms with Crippen LogP contribution in [0, 0.1) is 23.7 Å². The molecule has 2 heterocycles. The average Bonchev–Trinajstić information content (AvgIpc) is 3.37. The van der Waals surface area contributed by atoms with Gasteiger partial charge in [-0.25, -0.2) is 0 Å². The van der Waals surface area contributed by atoms with Gasteiger partial charge in [-0.2, -0.15) is 0 Å². The normalized spacial score (nSPS) is 15.7. The van der Waals surface area contributed by atoms with Crippen LogP contribution in [0.2, 0.25) is 0 Å². The molecule has 0 amide bonds. The number of carboxylic acids is 1. The molecule has 72 heavy (non-hydrogen) atoms. The Kier molecular flexibility index (Phi) is 46.8. The van der Waals surface area contributed by atoms with E-state index in [0.29, 0.717) is 44.5 Å². The molecular weight excluding hydrogens is 901 g/mol. The zero-order valence-electron chi connectivity index (χ0n) is 48.2. The van der Waals surface area contributed by atoms with Gasteiger partial charge < -0.3 is 29.1 Å². The first-order chi connectivity index (χ1) is 35.1. The smallest absolute Gasteiger partial charge is 0.309 e. The fourth-order valence-corrected chi connectivity index (χ4v) is 10.5. The summed E-state index contributed by atoms with van der Waals surface area (Å²) in [6, 6.07) is 0. The Hall–Kier alpha value is -2.20. The highest BCUT2D eigenvalue weighted by atomic mass is 16.5.